The van der Waals surface area contributed by atoms with Gasteiger partial charge in [-0.25, -0.2) is 4.79 Å². The van der Waals surface area contributed by atoms with Gasteiger partial charge in [0, 0.05) is 19.2 Å². The molecule has 5 heteroatoms. The third kappa shape index (κ3) is 6.39. The zero-order valence-electron chi connectivity index (χ0n) is 21.6. The first-order chi connectivity index (χ1) is 19.1. The normalized spacial score (nSPS) is 15.8. The molecule has 1 amide bonds. The zero-order valence-corrected chi connectivity index (χ0v) is 21.6. The van der Waals surface area contributed by atoms with Crippen molar-refractivity contribution >= 4 is 18.1 Å². The first kappa shape index (κ1) is 25.9. The number of amides is 1. The van der Waals surface area contributed by atoms with E-state index in [0.29, 0.717) is 13.0 Å². The van der Waals surface area contributed by atoms with Crippen LogP contribution in [-0.2, 0) is 29.1 Å². The highest BCUT2D eigenvalue weighted by molar-refractivity contribution is 6.02. The first-order valence-electron chi connectivity index (χ1n) is 13.0. The fourth-order valence-corrected chi connectivity index (χ4v) is 4.83. The van der Waals surface area contributed by atoms with Gasteiger partial charge in [0.05, 0.1) is 5.92 Å². The summed E-state index contributed by atoms with van der Waals surface area (Å²) in [4.78, 5) is 31.1. The molecule has 1 aliphatic heterocycles. The van der Waals surface area contributed by atoms with E-state index in [1.807, 2.05) is 127 Å². The van der Waals surface area contributed by atoms with Crippen molar-refractivity contribution < 1.29 is 14.3 Å². The Bertz CT molecular complexity index is 1400. The minimum atomic E-state index is -0.989. The minimum Gasteiger partial charge on any atom is -0.445 e. The number of ether oxygens (including phenoxy) is 1. The number of allylic oxidation sites excluding steroid dienone is 1. The molecule has 0 saturated heterocycles. The molecule has 1 N–H and O–H groups in total. The van der Waals surface area contributed by atoms with Crippen LogP contribution < -0.4 is 5.32 Å². The monoisotopic (exact) mass is 514 g/mol. The third-order valence-electron chi connectivity index (χ3n) is 6.86. The Kier molecular flexibility index (Phi) is 8.08. The van der Waals surface area contributed by atoms with Crippen LogP contribution >= 0.6 is 0 Å². The summed E-state index contributed by atoms with van der Waals surface area (Å²) in [5.74, 6) is -0.394. The van der Waals surface area contributed by atoms with Crippen molar-refractivity contribution in [1.82, 2.24) is 5.32 Å². The summed E-state index contributed by atoms with van der Waals surface area (Å²) in [6, 6.07) is 37.2. The lowest BCUT2D eigenvalue weighted by Gasteiger charge is -2.29. The fraction of sp³-hybridized carbons (Fsp3) is 0.147. The van der Waals surface area contributed by atoms with E-state index in [4.69, 9.17) is 9.73 Å². The van der Waals surface area contributed by atoms with Gasteiger partial charge in [-0.1, -0.05) is 115 Å². The number of alkyl carbamates (subject to hydrolysis) is 1. The molecule has 0 radical (unpaired) electrons. The Labute approximate surface area is 228 Å². The van der Waals surface area contributed by atoms with Gasteiger partial charge in [-0.3, -0.25) is 9.79 Å². The van der Waals surface area contributed by atoms with Crippen LogP contribution in [0.3, 0.4) is 0 Å². The van der Waals surface area contributed by atoms with Gasteiger partial charge >= 0.3 is 6.09 Å². The summed E-state index contributed by atoms with van der Waals surface area (Å²) in [6.45, 7) is 0.572. The van der Waals surface area contributed by atoms with Crippen LogP contribution in [0.25, 0.3) is 0 Å². The lowest BCUT2D eigenvalue weighted by atomic mass is 9.76. The number of carbonyl (C=O) groups is 2. The van der Waals surface area contributed by atoms with Crippen LogP contribution in [0.5, 0.6) is 0 Å². The maximum Gasteiger partial charge on any atom is 0.407 e. The van der Waals surface area contributed by atoms with Gasteiger partial charge in [0.15, 0.2) is 5.78 Å². The Morgan fingerprint density at radius 2 is 1.28 bits per heavy atom. The number of carbonyl (C=O) groups excluding carboxylic acids is 2. The fourth-order valence-electron chi connectivity index (χ4n) is 4.83. The quantitative estimate of drug-likeness (QED) is 0.265. The van der Waals surface area contributed by atoms with E-state index in [0.717, 1.165) is 27.8 Å². The van der Waals surface area contributed by atoms with E-state index in [-0.39, 0.29) is 12.4 Å². The largest absolute Gasteiger partial charge is 0.445 e. The number of nitrogens with zero attached hydrogens (tertiary/aromatic N) is 1. The SMILES string of the molecule is O=C(NCc1ccc(CC2(C(=O)C(c3ccccc3)c3ccccc3)C=CC=N2)cc1)OCc1ccccc1. The number of Topliss-reactive ketones (excluding diaryl/α,β-unsaturated/α-hetero) is 1. The molecule has 4 aromatic carbocycles. The summed E-state index contributed by atoms with van der Waals surface area (Å²) in [5, 5.41) is 2.79. The predicted molar refractivity (Wildman–Crippen MR) is 154 cm³/mol. The van der Waals surface area contributed by atoms with Gasteiger partial charge in [0.2, 0.25) is 0 Å². The van der Waals surface area contributed by atoms with E-state index < -0.39 is 17.6 Å². The highest BCUT2D eigenvalue weighted by Crippen LogP contribution is 2.35. The van der Waals surface area contributed by atoms with Gasteiger partial charge in [-0.15, -0.1) is 0 Å². The lowest BCUT2D eigenvalue weighted by Crippen LogP contribution is -2.40. The van der Waals surface area contributed by atoms with Crippen molar-refractivity contribution in [2.24, 2.45) is 4.99 Å². The summed E-state index contributed by atoms with van der Waals surface area (Å²) < 4.78 is 5.29. The van der Waals surface area contributed by atoms with Gasteiger partial charge in [0.25, 0.3) is 0 Å². The molecule has 39 heavy (non-hydrogen) atoms. The van der Waals surface area contributed by atoms with Crippen molar-refractivity contribution in [3.8, 4) is 0 Å². The summed E-state index contributed by atoms with van der Waals surface area (Å²) in [7, 11) is 0. The second-order valence-corrected chi connectivity index (χ2v) is 9.59. The number of aliphatic imine (C=N–C) groups is 1. The number of nitrogens with one attached hydrogen (secondary N) is 1. The van der Waals surface area contributed by atoms with Gasteiger partial charge in [-0.05, 0) is 40.0 Å². The van der Waals surface area contributed by atoms with Gasteiger partial charge in [0.1, 0.15) is 12.1 Å². The van der Waals surface area contributed by atoms with Crippen molar-refractivity contribution in [3.63, 3.8) is 0 Å². The maximum absolute atomic E-state index is 14.3. The molecule has 1 heterocycles. The summed E-state index contributed by atoms with van der Waals surface area (Å²) >= 11 is 0. The molecule has 194 valence electrons. The second-order valence-electron chi connectivity index (χ2n) is 9.59. The molecular formula is C34H30N2O3. The molecule has 5 nitrogen and oxygen atoms in total. The Hall–Kier alpha value is -4.77. The number of benzene rings is 4. The molecule has 0 fully saturated rings. The molecule has 1 atom stereocenters. The van der Waals surface area contributed by atoms with E-state index >= 15 is 0 Å². The molecule has 0 aliphatic carbocycles. The molecular weight excluding hydrogens is 484 g/mol. The smallest absolute Gasteiger partial charge is 0.407 e. The Morgan fingerprint density at radius 3 is 1.85 bits per heavy atom. The van der Waals surface area contributed by atoms with Crippen molar-refractivity contribution in [3.05, 3.63) is 155 Å². The van der Waals surface area contributed by atoms with Gasteiger partial charge < -0.3 is 10.1 Å². The number of hydrogen-bond acceptors (Lipinski definition) is 4. The molecule has 0 bridgehead atoms. The van der Waals surface area contributed by atoms with E-state index in [9.17, 15) is 9.59 Å². The van der Waals surface area contributed by atoms with E-state index in [1.165, 1.54) is 0 Å². The van der Waals surface area contributed by atoms with Crippen LogP contribution in [0.15, 0.2) is 132 Å². The standard InChI is InChI=1S/C34H30N2O3/c37-32(31(29-13-6-2-7-14-29)30-15-8-3-9-16-30)34(21-10-22-36-34)23-26-17-19-27(20-18-26)24-35-33(38)39-25-28-11-4-1-5-12-28/h1-22,31H,23-25H2,(H,35,38). The average Bonchev–Trinajstić information content (AvgIpc) is 3.47. The van der Waals surface area contributed by atoms with Crippen LogP contribution in [0, 0.1) is 0 Å². The average molecular weight is 515 g/mol. The highest BCUT2D eigenvalue weighted by Gasteiger charge is 2.42. The van der Waals surface area contributed by atoms with Gasteiger partial charge in [-0.2, -0.15) is 0 Å². The molecule has 0 saturated carbocycles. The molecule has 1 aliphatic rings. The van der Waals surface area contributed by atoms with Crippen molar-refractivity contribution in [1.29, 1.82) is 0 Å². The van der Waals surface area contributed by atoms with E-state index in [2.05, 4.69) is 5.32 Å². The van der Waals surface area contributed by atoms with Crippen molar-refractivity contribution in [2.45, 2.75) is 31.0 Å². The lowest BCUT2D eigenvalue weighted by molar-refractivity contribution is -0.123. The number of hydrogen-bond donors (Lipinski definition) is 1. The number of ketones is 1. The zero-order chi connectivity index (χ0) is 26.9. The number of rotatable bonds is 10. The van der Waals surface area contributed by atoms with Crippen LogP contribution in [0.2, 0.25) is 0 Å². The molecule has 4 aromatic rings. The van der Waals surface area contributed by atoms with Crippen LogP contribution in [-0.4, -0.2) is 23.6 Å². The molecule has 1 unspecified atom stereocenters. The minimum absolute atomic E-state index is 0.0387. The first-order valence-corrected chi connectivity index (χ1v) is 13.0. The highest BCUT2D eigenvalue weighted by atomic mass is 16.5. The molecule has 0 aromatic heterocycles. The predicted octanol–water partition coefficient (Wildman–Crippen LogP) is 6.44. The van der Waals surface area contributed by atoms with E-state index in [1.54, 1.807) is 6.21 Å². The van der Waals surface area contributed by atoms with Crippen LogP contribution in [0.1, 0.15) is 33.7 Å². The second kappa shape index (κ2) is 12.2. The summed E-state index contributed by atoms with van der Waals surface area (Å²) in [6.07, 6.45) is 5.45. The third-order valence-corrected chi connectivity index (χ3v) is 6.86. The van der Waals surface area contributed by atoms with Crippen molar-refractivity contribution in [2.75, 3.05) is 0 Å². The molecule has 0 spiro atoms. The topological polar surface area (TPSA) is 67.8 Å². The molecule has 5 rings (SSSR count). The maximum atomic E-state index is 14.3. The summed E-state index contributed by atoms with van der Waals surface area (Å²) in [5.41, 5.74) is 3.77. The van der Waals surface area contributed by atoms with Crippen LogP contribution in [0.4, 0.5) is 4.79 Å². The Balaban J connectivity index is 1.27. The Morgan fingerprint density at radius 1 is 0.718 bits per heavy atom.